The van der Waals surface area contributed by atoms with Crippen LogP contribution in [0.25, 0.3) is 0 Å². The van der Waals surface area contributed by atoms with E-state index >= 15 is 0 Å². The highest BCUT2D eigenvalue weighted by Gasteiger charge is 2.27. The van der Waals surface area contributed by atoms with Crippen molar-refractivity contribution >= 4 is 23.4 Å². The van der Waals surface area contributed by atoms with Gasteiger partial charge in [0.05, 0.1) is 0 Å². The third-order valence-electron chi connectivity index (χ3n) is 3.94. The molecule has 0 aliphatic carbocycles. The summed E-state index contributed by atoms with van der Waals surface area (Å²) >= 11 is 5.99. The second kappa shape index (κ2) is 7.43. The normalized spacial score (nSPS) is 18.7. The summed E-state index contributed by atoms with van der Waals surface area (Å²) in [5, 5.41) is 4.23. The highest BCUT2D eigenvalue weighted by Crippen LogP contribution is 2.23. The quantitative estimate of drug-likeness (QED) is 0.868. The van der Waals surface area contributed by atoms with Crippen LogP contribution in [0.1, 0.15) is 39.2 Å². The van der Waals surface area contributed by atoms with Crippen molar-refractivity contribution in [3.8, 4) is 0 Å². The number of nitrogens with one attached hydrogen (secondary N) is 1. The molecule has 0 saturated carbocycles. The van der Waals surface area contributed by atoms with E-state index in [-0.39, 0.29) is 6.09 Å². The molecule has 0 spiro atoms. The number of ether oxygens (including phenoxy) is 1. The molecule has 5 heteroatoms. The van der Waals surface area contributed by atoms with Crippen molar-refractivity contribution in [1.82, 2.24) is 4.90 Å². The van der Waals surface area contributed by atoms with Crippen molar-refractivity contribution in [3.05, 3.63) is 28.8 Å². The third kappa shape index (κ3) is 5.61. The van der Waals surface area contributed by atoms with Crippen molar-refractivity contribution in [3.63, 3.8) is 0 Å². The molecule has 0 bridgehead atoms. The zero-order chi connectivity index (χ0) is 17.0. The number of halogens is 1. The van der Waals surface area contributed by atoms with E-state index in [1.54, 1.807) is 0 Å². The molecule has 1 aliphatic rings. The van der Waals surface area contributed by atoms with E-state index in [2.05, 4.69) is 5.32 Å². The largest absolute Gasteiger partial charge is 0.444 e. The van der Waals surface area contributed by atoms with Crippen molar-refractivity contribution in [2.45, 2.75) is 46.1 Å². The minimum absolute atomic E-state index is 0.204. The molecule has 1 aromatic carbocycles. The van der Waals surface area contributed by atoms with Crippen LogP contribution in [0.4, 0.5) is 10.5 Å². The van der Waals surface area contributed by atoms with Gasteiger partial charge in [0.25, 0.3) is 0 Å². The average molecular weight is 339 g/mol. The van der Waals surface area contributed by atoms with E-state index in [0.717, 1.165) is 48.7 Å². The lowest BCUT2D eigenvalue weighted by Crippen LogP contribution is -2.44. The second-order valence-corrected chi connectivity index (χ2v) is 7.71. The van der Waals surface area contributed by atoms with E-state index in [1.807, 2.05) is 50.8 Å². The molecular formula is C18H27ClN2O2. The standard InChI is InChI=1S/C18H27ClN2O2/c1-13-10-15(19)7-8-16(13)20-11-14-6-5-9-21(12-14)17(22)23-18(2,3)4/h7-8,10,14,20H,5-6,9,11-12H2,1-4H3. The lowest BCUT2D eigenvalue weighted by atomic mass is 9.98. The smallest absolute Gasteiger partial charge is 0.410 e. The number of carbonyl (C=O) groups is 1. The summed E-state index contributed by atoms with van der Waals surface area (Å²) < 4.78 is 5.47. The zero-order valence-corrected chi connectivity index (χ0v) is 15.2. The molecule has 0 aromatic heterocycles. The maximum atomic E-state index is 12.2. The van der Waals surface area contributed by atoms with Gasteiger partial charge in [0.15, 0.2) is 0 Å². The SMILES string of the molecule is Cc1cc(Cl)ccc1NCC1CCCN(C(=O)OC(C)(C)C)C1. The molecule has 1 atom stereocenters. The van der Waals surface area contributed by atoms with Gasteiger partial charge in [-0.3, -0.25) is 0 Å². The van der Waals surface area contributed by atoms with Gasteiger partial charge >= 0.3 is 6.09 Å². The van der Waals surface area contributed by atoms with Crippen molar-refractivity contribution in [1.29, 1.82) is 0 Å². The summed E-state index contributed by atoms with van der Waals surface area (Å²) in [7, 11) is 0. The fraction of sp³-hybridized carbons (Fsp3) is 0.611. The zero-order valence-electron chi connectivity index (χ0n) is 14.5. The Balaban J connectivity index is 1.87. The van der Waals surface area contributed by atoms with Crippen molar-refractivity contribution < 1.29 is 9.53 Å². The van der Waals surface area contributed by atoms with Gasteiger partial charge < -0.3 is 15.0 Å². The molecule has 1 aliphatic heterocycles. The number of piperidine rings is 1. The minimum Gasteiger partial charge on any atom is -0.444 e. The Morgan fingerprint density at radius 2 is 2.17 bits per heavy atom. The molecule has 1 fully saturated rings. The summed E-state index contributed by atoms with van der Waals surface area (Å²) in [6.45, 7) is 10.1. The van der Waals surface area contributed by atoms with Gasteiger partial charge in [-0.1, -0.05) is 11.6 Å². The Labute approximate surface area is 144 Å². The van der Waals surface area contributed by atoms with Crippen LogP contribution in [-0.4, -0.2) is 36.2 Å². The maximum absolute atomic E-state index is 12.2. The van der Waals surface area contributed by atoms with E-state index in [4.69, 9.17) is 16.3 Å². The number of aryl methyl sites for hydroxylation is 1. The first-order valence-corrected chi connectivity index (χ1v) is 8.60. The molecule has 1 N–H and O–H groups in total. The van der Waals surface area contributed by atoms with Crippen LogP contribution in [-0.2, 0) is 4.74 Å². The minimum atomic E-state index is -0.442. The molecule has 4 nitrogen and oxygen atoms in total. The third-order valence-corrected chi connectivity index (χ3v) is 4.18. The molecule has 23 heavy (non-hydrogen) atoms. The predicted octanol–water partition coefficient (Wildman–Crippen LogP) is 4.71. The van der Waals surface area contributed by atoms with Crippen LogP contribution in [0.5, 0.6) is 0 Å². The lowest BCUT2D eigenvalue weighted by molar-refractivity contribution is 0.0172. The van der Waals surface area contributed by atoms with Gasteiger partial charge in [-0.05, 0) is 70.2 Å². The first-order chi connectivity index (χ1) is 10.7. The van der Waals surface area contributed by atoms with Gasteiger partial charge in [-0.25, -0.2) is 4.79 Å². The fourth-order valence-electron chi connectivity index (χ4n) is 2.80. The number of likely N-dealkylation sites (tertiary alicyclic amines) is 1. The molecule has 2 rings (SSSR count). The highest BCUT2D eigenvalue weighted by atomic mass is 35.5. The Kier molecular flexibility index (Phi) is 5.79. The number of rotatable bonds is 3. The second-order valence-electron chi connectivity index (χ2n) is 7.27. The maximum Gasteiger partial charge on any atom is 0.410 e. The Bertz CT molecular complexity index is 554. The van der Waals surface area contributed by atoms with Crippen LogP contribution >= 0.6 is 11.6 Å². The summed E-state index contributed by atoms with van der Waals surface area (Å²) in [4.78, 5) is 14.0. The van der Waals surface area contributed by atoms with Gasteiger partial charge in [-0.15, -0.1) is 0 Å². The van der Waals surface area contributed by atoms with E-state index in [0.29, 0.717) is 5.92 Å². The molecule has 0 radical (unpaired) electrons. The number of amides is 1. The van der Waals surface area contributed by atoms with E-state index in [9.17, 15) is 4.79 Å². The fourth-order valence-corrected chi connectivity index (χ4v) is 3.03. The summed E-state index contributed by atoms with van der Waals surface area (Å²) in [5.74, 6) is 0.436. The Hall–Kier alpha value is -1.42. The summed E-state index contributed by atoms with van der Waals surface area (Å²) in [6.07, 6.45) is 1.94. The predicted molar refractivity (Wildman–Crippen MR) is 95.2 cm³/mol. The highest BCUT2D eigenvalue weighted by molar-refractivity contribution is 6.30. The molecule has 1 aromatic rings. The number of carbonyl (C=O) groups excluding carboxylic acids is 1. The summed E-state index contributed by atoms with van der Waals surface area (Å²) in [5.41, 5.74) is 1.80. The van der Waals surface area contributed by atoms with Gasteiger partial charge in [0, 0.05) is 30.3 Å². The van der Waals surface area contributed by atoms with Crippen LogP contribution in [0.2, 0.25) is 5.02 Å². The topological polar surface area (TPSA) is 41.6 Å². The Morgan fingerprint density at radius 1 is 1.43 bits per heavy atom. The van der Waals surface area contributed by atoms with Crippen LogP contribution in [0.3, 0.4) is 0 Å². The number of benzene rings is 1. The van der Waals surface area contributed by atoms with E-state index in [1.165, 1.54) is 0 Å². The van der Waals surface area contributed by atoms with Gasteiger partial charge in [0.1, 0.15) is 5.60 Å². The van der Waals surface area contributed by atoms with Crippen molar-refractivity contribution in [2.24, 2.45) is 5.92 Å². The first-order valence-electron chi connectivity index (χ1n) is 8.22. The summed E-state index contributed by atoms with van der Waals surface area (Å²) in [6, 6.07) is 5.86. The number of nitrogens with zero attached hydrogens (tertiary/aromatic N) is 1. The molecule has 1 heterocycles. The van der Waals surface area contributed by atoms with Crippen LogP contribution in [0.15, 0.2) is 18.2 Å². The molecule has 128 valence electrons. The van der Waals surface area contributed by atoms with Gasteiger partial charge in [0.2, 0.25) is 0 Å². The molecule has 1 saturated heterocycles. The number of anilines is 1. The number of hydrogen-bond acceptors (Lipinski definition) is 3. The van der Waals surface area contributed by atoms with Crippen LogP contribution < -0.4 is 5.32 Å². The lowest BCUT2D eigenvalue weighted by Gasteiger charge is -2.34. The molecular weight excluding hydrogens is 312 g/mol. The van der Waals surface area contributed by atoms with Crippen LogP contribution in [0, 0.1) is 12.8 Å². The van der Waals surface area contributed by atoms with E-state index < -0.39 is 5.60 Å². The molecule has 1 unspecified atom stereocenters. The first kappa shape index (κ1) is 17.9. The molecule has 1 amide bonds. The number of hydrogen-bond donors (Lipinski definition) is 1. The van der Waals surface area contributed by atoms with Gasteiger partial charge in [-0.2, -0.15) is 0 Å². The Morgan fingerprint density at radius 3 is 2.83 bits per heavy atom. The monoisotopic (exact) mass is 338 g/mol. The average Bonchev–Trinajstić information content (AvgIpc) is 2.45. The van der Waals surface area contributed by atoms with Crippen molar-refractivity contribution in [2.75, 3.05) is 25.0 Å².